The van der Waals surface area contributed by atoms with E-state index < -0.39 is 49.1 Å². The maximum Gasteiger partial charge on any atom is 0.259 e. The van der Waals surface area contributed by atoms with Crippen LogP contribution in [0.25, 0.3) is 43.6 Å². The fraction of sp³-hybridized carbons (Fsp3) is 0.310. The van der Waals surface area contributed by atoms with Gasteiger partial charge >= 0.3 is 0 Å². The van der Waals surface area contributed by atoms with Crippen LogP contribution >= 0.6 is 0 Å². The molecule has 1 saturated heterocycles. The Labute approximate surface area is 231 Å². The highest BCUT2D eigenvalue weighted by atomic mass is 16.6. The number of aliphatic hydroxyl groups is 5. The number of imide groups is 1. The van der Waals surface area contributed by atoms with Gasteiger partial charge in [0.25, 0.3) is 11.8 Å². The maximum atomic E-state index is 13.4. The lowest BCUT2D eigenvalue weighted by Crippen LogP contribution is -2.57. The predicted octanol–water partition coefficient (Wildman–Crippen LogP) is 0.924. The number of hydrogen-bond donors (Lipinski definition) is 7. The molecule has 5 aromatic rings. The molecule has 2 aromatic heterocycles. The van der Waals surface area contributed by atoms with E-state index in [1.807, 2.05) is 0 Å². The van der Waals surface area contributed by atoms with Crippen molar-refractivity contribution in [2.45, 2.75) is 43.9 Å². The molecule has 41 heavy (non-hydrogen) atoms. The van der Waals surface area contributed by atoms with E-state index in [9.17, 15) is 35.1 Å². The minimum absolute atomic E-state index is 0.131. The quantitative estimate of drug-likeness (QED) is 0.153. The zero-order valence-corrected chi connectivity index (χ0v) is 21.8. The lowest BCUT2D eigenvalue weighted by atomic mass is 9.95. The molecule has 0 radical (unpaired) electrons. The molecular weight excluding hydrogens is 534 g/mol. The van der Waals surface area contributed by atoms with Crippen molar-refractivity contribution in [2.75, 3.05) is 13.7 Å². The zero-order valence-electron chi connectivity index (χ0n) is 21.8. The number of H-pyrrole nitrogens is 1. The molecule has 5 atom stereocenters. The third-order valence-corrected chi connectivity index (χ3v) is 8.33. The maximum absolute atomic E-state index is 13.4. The van der Waals surface area contributed by atoms with Crippen LogP contribution in [0.15, 0.2) is 36.4 Å². The minimum Gasteiger partial charge on any atom is -0.394 e. The number of aromatic amines is 1. The first-order valence-electron chi connectivity index (χ1n) is 13.1. The molecule has 0 spiro atoms. The van der Waals surface area contributed by atoms with Crippen LogP contribution in [0.4, 0.5) is 0 Å². The number of nitrogens with one attached hydrogen (secondary N) is 2. The highest BCUT2D eigenvalue weighted by Crippen LogP contribution is 2.46. The summed E-state index contributed by atoms with van der Waals surface area (Å²) in [7, 11) is 1.34. The second kappa shape index (κ2) is 9.33. The monoisotopic (exact) mass is 561 g/mol. The van der Waals surface area contributed by atoms with Crippen molar-refractivity contribution in [3.8, 4) is 0 Å². The van der Waals surface area contributed by atoms with Gasteiger partial charge in [-0.15, -0.1) is 0 Å². The first kappa shape index (κ1) is 26.0. The molecule has 1 unspecified atom stereocenters. The zero-order chi connectivity index (χ0) is 28.7. The summed E-state index contributed by atoms with van der Waals surface area (Å²) in [6.07, 6.45) is -6.17. The second-order valence-corrected chi connectivity index (χ2v) is 10.5. The molecule has 0 aliphatic carbocycles. The molecular formula is C29H27N3O9. The number of ether oxygens (including phenoxy) is 2. The summed E-state index contributed by atoms with van der Waals surface area (Å²) in [4.78, 5) is 30.0. The van der Waals surface area contributed by atoms with Crippen molar-refractivity contribution in [3.63, 3.8) is 0 Å². The van der Waals surface area contributed by atoms with Gasteiger partial charge in [-0.25, -0.2) is 0 Å². The molecule has 3 aromatic carbocycles. The highest BCUT2D eigenvalue weighted by molar-refractivity contribution is 6.39. The minimum atomic E-state index is -1.51. The van der Waals surface area contributed by atoms with Crippen LogP contribution in [0.1, 0.15) is 38.1 Å². The van der Waals surface area contributed by atoms with Crippen molar-refractivity contribution >= 4 is 55.4 Å². The molecule has 1 fully saturated rings. The fourth-order valence-corrected chi connectivity index (χ4v) is 6.50. The molecule has 7 rings (SSSR count). The summed E-state index contributed by atoms with van der Waals surface area (Å²) >= 11 is 0. The molecule has 7 N–H and O–H groups in total. The van der Waals surface area contributed by atoms with E-state index in [2.05, 4.69) is 10.3 Å². The number of amides is 2. The van der Waals surface area contributed by atoms with E-state index in [-0.39, 0.29) is 24.3 Å². The molecule has 212 valence electrons. The summed E-state index contributed by atoms with van der Waals surface area (Å²) in [5, 5.41) is 56.5. The van der Waals surface area contributed by atoms with Crippen LogP contribution in [0.2, 0.25) is 0 Å². The van der Waals surface area contributed by atoms with Crippen molar-refractivity contribution in [1.82, 2.24) is 14.9 Å². The first-order valence-corrected chi connectivity index (χ1v) is 13.1. The Hall–Kier alpha value is -3.88. The first-order chi connectivity index (χ1) is 19.8. The third kappa shape index (κ3) is 3.47. The average Bonchev–Trinajstić information content (AvgIpc) is 3.62. The van der Waals surface area contributed by atoms with E-state index in [0.29, 0.717) is 54.7 Å². The van der Waals surface area contributed by atoms with Gasteiger partial charge < -0.3 is 44.6 Å². The van der Waals surface area contributed by atoms with Gasteiger partial charge in [-0.2, -0.15) is 0 Å². The molecule has 12 nitrogen and oxygen atoms in total. The SMILES string of the molecule is CO[C@H]1[C@H](O)[C@@H](O)C(n2c3ccc(CO)cc3c3c4c(c5c6cc(CO)ccc6[nH]c5c32)C(=O)NC4=O)O[C@@H]1CO. The number of aliphatic hydroxyl groups excluding tert-OH is 5. The number of carbonyl (C=O) groups excluding carboxylic acids is 2. The number of carbonyl (C=O) groups is 2. The van der Waals surface area contributed by atoms with Crippen molar-refractivity contribution in [2.24, 2.45) is 0 Å². The molecule has 4 heterocycles. The smallest absolute Gasteiger partial charge is 0.259 e. The van der Waals surface area contributed by atoms with Crippen molar-refractivity contribution in [3.05, 3.63) is 58.7 Å². The Morgan fingerprint density at radius 1 is 0.902 bits per heavy atom. The molecule has 2 amide bonds. The normalized spacial score (nSPS) is 24.7. The summed E-state index contributed by atoms with van der Waals surface area (Å²) in [5.74, 6) is -1.17. The topological polar surface area (TPSA) is 186 Å². The number of methoxy groups -OCH3 is 1. The van der Waals surface area contributed by atoms with Crippen molar-refractivity contribution < 1.29 is 44.6 Å². The largest absolute Gasteiger partial charge is 0.394 e. The van der Waals surface area contributed by atoms with Gasteiger partial charge in [-0.3, -0.25) is 14.9 Å². The molecule has 2 aliphatic heterocycles. The lowest BCUT2D eigenvalue weighted by molar-refractivity contribution is -0.255. The summed E-state index contributed by atoms with van der Waals surface area (Å²) in [6, 6.07) is 10.4. The van der Waals surface area contributed by atoms with Gasteiger partial charge in [0, 0.05) is 34.2 Å². The summed E-state index contributed by atoms with van der Waals surface area (Å²) in [6.45, 7) is -1.01. The van der Waals surface area contributed by atoms with Crippen LogP contribution in [0.3, 0.4) is 0 Å². The number of benzene rings is 3. The van der Waals surface area contributed by atoms with Gasteiger partial charge in [0.05, 0.1) is 47.5 Å². The number of nitrogens with zero attached hydrogens (tertiary/aromatic N) is 1. The van der Waals surface area contributed by atoms with E-state index in [4.69, 9.17) is 9.47 Å². The molecule has 0 bridgehead atoms. The van der Waals surface area contributed by atoms with Crippen LogP contribution in [-0.2, 0) is 22.7 Å². The predicted molar refractivity (Wildman–Crippen MR) is 146 cm³/mol. The van der Waals surface area contributed by atoms with E-state index in [1.165, 1.54) is 7.11 Å². The van der Waals surface area contributed by atoms with Gasteiger partial charge in [0.15, 0.2) is 6.23 Å². The highest BCUT2D eigenvalue weighted by Gasteiger charge is 2.47. The lowest BCUT2D eigenvalue weighted by Gasteiger charge is -2.42. The van der Waals surface area contributed by atoms with Crippen LogP contribution in [0, 0.1) is 0 Å². The molecule has 12 heteroatoms. The average molecular weight is 562 g/mol. The van der Waals surface area contributed by atoms with E-state index >= 15 is 0 Å². The fourth-order valence-electron chi connectivity index (χ4n) is 6.50. The number of rotatable bonds is 5. The molecule has 0 saturated carbocycles. The van der Waals surface area contributed by atoms with E-state index in [1.54, 1.807) is 41.0 Å². The van der Waals surface area contributed by atoms with Crippen LogP contribution < -0.4 is 5.32 Å². The Balaban J connectivity index is 1.68. The number of aromatic nitrogens is 2. The second-order valence-electron chi connectivity index (χ2n) is 10.5. The standard InChI is InChI=1S/C29H27N3O9/c1-40-26-17(10-35)41-29(25(37)24(26)36)32-16-5-3-12(9-34)7-14(16)19-21-20(27(38)31-28(21)39)18-13-6-11(8-33)2-4-15(13)30-22(18)23(19)32/h2-7,17,24-26,29-30,33-37H,8-10H2,1H3,(H,31,38,39)/t17-,24-,25-,26-,29?/m1/s1. The van der Waals surface area contributed by atoms with Gasteiger partial charge in [-0.05, 0) is 35.4 Å². The Kier molecular flexibility index (Phi) is 5.92. The summed E-state index contributed by atoms with van der Waals surface area (Å²) in [5.41, 5.74) is 3.49. The van der Waals surface area contributed by atoms with Crippen molar-refractivity contribution in [1.29, 1.82) is 0 Å². The Morgan fingerprint density at radius 3 is 2.22 bits per heavy atom. The van der Waals surface area contributed by atoms with Crippen LogP contribution in [-0.4, -0.2) is 85.0 Å². The van der Waals surface area contributed by atoms with Crippen LogP contribution in [0.5, 0.6) is 0 Å². The summed E-state index contributed by atoms with van der Waals surface area (Å²) < 4.78 is 13.1. The van der Waals surface area contributed by atoms with Gasteiger partial charge in [0.1, 0.15) is 24.4 Å². The van der Waals surface area contributed by atoms with Gasteiger partial charge in [-0.1, -0.05) is 12.1 Å². The Bertz CT molecular complexity index is 1910. The Morgan fingerprint density at radius 2 is 1.56 bits per heavy atom. The van der Waals surface area contributed by atoms with Gasteiger partial charge in [0.2, 0.25) is 0 Å². The third-order valence-electron chi connectivity index (χ3n) is 8.33. The van der Waals surface area contributed by atoms with E-state index in [0.717, 1.165) is 0 Å². The molecule has 2 aliphatic rings. The number of hydrogen-bond acceptors (Lipinski definition) is 9. The number of fused-ring (bicyclic) bond motifs is 10.